The van der Waals surface area contributed by atoms with Crippen LogP contribution in [0.25, 0.3) is 0 Å². The first kappa shape index (κ1) is 21.7. The Hall–Kier alpha value is -2.63. The van der Waals surface area contributed by atoms with Crippen molar-refractivity contribution in [2.24, 2.45) is 0 Å². The van der Waals surface area contributed by atoms with Gasteiger partial charge in [0.1, 0.15) is 11.9 Å². The monoisotopic (exact) mass is 418 g/mol. The number of hydrogen-bond donors (Lipinski definition) is 3. The summed E-state index contributed by atoms with van der Waals surface area (Å²) in [5, 5.41) is 15.4. The number of alkyl halides is 3. The minimum absolute atomic E-state index is 0.00509. The molecule has 0 spiro atoms. The van der Waals surface area contributed by atoms with Crippen molar-refractivity contribution in [3.63, 3.8) is 0 Å². The maximum absolute atomic E-state index is 12.1. The molecule has 0 saturated heterocycles. The summed E-state index contributed by atoms with van der Waals surface area (Å²) in [6.45, 7) is -0.119. The molecule has 0 saturated carbocycles. The Morgan fingerprint density at radius 1 is 1.14 bits per heavy atom. The van der Waals surface area contributed by atoms with Gasteiger partial charge in [-0.25, -0.2) is 0 Å². The second-order valence-corrected chi connectivity index (χ2v) is 6.31. The molecule has 2 amide bonds. The van der Waals surface area contributed by atoms with Gasteiger partial charge in [-0.05, 0) is 35.7 Å². The highest BCUT2D eigenvalue weighted by Gasteiger charge is 2.31. The standard InChI is InChI=1S/C17H17F3N2O5S/c18-17(19,20)27-12-5-3-11(4-6-12)22-16(25)15(24)21-10-13(26-8-7-23)14-2-1-9-28-14/h1-6,9,13,23H,7-8,10H2,(H,21,24)(H,22,25)/t13-/m1/s1. The molecule has 0 aliphatic carbocycles. The van der Waals surface area contributed by atoms with E-state index in [9.17, 15) is 22.8 Å². The van der Waals surface area contributed by atoms with Crippen molar-refractivity contribution in [3.8, 4) is 5.75 Å². The summed E-state index contributed by atoms with van der Waals surface area (Å²) in [5.41, 5.74) is 0.126. The molecule has 7 nitrogen and oxygen atoms in total. The highest BCUT2D eigenvalue weighted by Crippen LogP contribution is 2.24. The smallest absolute Gasteiger partial charge is 0.406 e. The largest absolute Gasteiger partial charge is 0.573 e. The highest BCUT2D eigenvalue weighted by molar-refractivity contribution is 7.10. The Morgan fingerprint density at radius 3 is 2.43 bits per heavy atom. The number of aliphatic hydroxyl groups is 1. The molecule has 0 aliphatic heterocycles. The summed E-state index contributed by atoms with van der Waals surface area (Å²) in [6.07, 6.45) is -5.34. The van der Waals surface area contributed by atoms with Gasteiger partial charge in [0, 0.05) is 17.1 Å². The number of carbonyl (C=O) groups excluding carboxylic acids is 2. The van der Waals surface area contributed by atoms with E-state index >= 15 is 0 Å². The number of anilines is 1. The van der Waals surface area contributed by atoms with Gasteiger partial charge < -0.3 is 25.2 Å². The lowest BCUT2D eigenvalue weighted by atomic mass is 10.2. The van der Waals surface area contributed by atoms with Crippen molar-refractivity contribution in [1.29, 1.82) is 0 Å². The predicted octanol–water partition coefficient (Wildman–Crippen LogP) is 2.45. The maximum Gasteiger partial charge on any atom is 0.573 e. The van der Waals surface area contributed by atoms with Crippen LogP contribution < -0.4 is 15.4 Å². The van der Waals surface area contributed by atoms with E-state index < -0.39 is 30.0 Å². The van der Waals surface area contributed by atoms with Crippen LogP contribution in [0.2, 0.25) is 0 Å². The first-order valence-corrected chi connectivity index (χ1v) is 8.87. The Balaban J connectivity index is 1.87. The zero-order chi connectivity index (χ0) is 20.6. The Kier molecular flexibility index (Phi) is 7.79. The lowest BCUT2D eigenvalue weighted by molar-refractivity contribution is -0.274. The van der Waals surface area contributed by atoms with E-state index in [0.29, 0.717) is 0 Å². The number of benzene rings is 1. The van der Waals surface area contributed by atoms with Crippen LogP contribution >= 0.6 is 11.3 Å². The van der Waals surface area contributed by atoms with Crippen molar-refractivity contribution in [1.82, 2.24) is 5.32 Å². The minimum atomic E-state index is -4.82. The maximum atomic E-state index is 12.1. The van der Waals surface area contributed by atoms with Crippen LogP contribution in [0.3, 0.4) is 0 Å². The third-order valence-corrected chi connectivity index (χ3v) is 4.24. The molecule has 2 aromatic rings. The van der Waals surface area contributed by atoms with Gasteiger partial charge in [-0.15, -0.1) is 24.5 Å². The summed E-state index contributed by atoms with van der Waals surface area (Å²) in [6, 6.07) is 7.96. The third-order valence-electron chi connectivity index (χ3n) is 3.27. The molecule has 2 rings (SSSR count). The minimum Gasteiger partial charge on any atom is -0.406 e. The Labute approximate surface area is 162 Å². The average Bonchev–Trinajstić information content (AvgIpc) is 3.16. The van der Waals surface area contributed by atoms with Crippen molar-refractivity contribution in [2.75, 3.05) is 25.1 Å². The first-order valence-electron chi connectivity index (χ1n) is 7.99. The van der Waals surface area contributed by atoms with Crippen LogP contribution in [-0.2, 0) is 14.3 Å². The lowest BCUT2D eigenvalue weighted by Crippen LogP contribution is -2.38. The molecule has 152 valence electrons. The molecule has 1 heterocycles. The topological polar surface area (TPSA) is 96.9 Å². The van der Waals surface area contributed by atoms with Gasteiger partial charge in [-0.3, -0.25) is 9.59 Å². The summed E-state index contributed by atoms with van der Waals surface area (Å²) in [4.78, 5) is 24.7. The van der Waals surface area contributed by atoms with Crippen LogP contribution in [0.5, 0.6) is 5.75 Å². The van der Waals surface area contributed by atoms with E-state index in [0.717, 1.165) is 17.0 Å². The van der Waals surface area contributed by atoms with Gasteiger partial charge in [-0.1, -0.05) is 6.07 Å². The second-order valence-electron chi connectivity index (χ2n) is 5.33. The van der Waals surface area contributed by atoms with Gasteiger partial charge >= 0.3 is 18.2 Å². The molecule has 0 bridgehead atoms. The lowest BCUT2D eigenvalue weighted by Gasteiger charge is -2.16. The van der Waals surface area contributed by atoms with E-state index in [2.05, 4.69) is 15.4 Å². The summed E-state index contributed by atoms with van der Waals surface area (Å²) >= 11 is 1.40. The molecule has 1 aromatic carbocycles. The number of rotatable bonds is 8. The zero-order valence-corrected chi connectivity index (χ0v) is 15.2. The number of ether oxygens (including phenoxy) is 2. The van der Waals surface area contributed by atoms with Crippen LogP contribution in [0.4, 0.5) is 18.9 Å². The molecule has 1 aromatic heterocycles. The molecule has 3 N–H and O–H groups in total. The number of thiophene rings is 1. The van der Waals surface area contributed by atoms with E-state index in [1.165, 1.54) is 23.5 Å². The summed E-state index contributed by atoms with van der Waals surface area (Å²) < 4.78 is 45.5. The van der Waals surface area contributed by atoms with Crippen LogP contribution in [0, 0.1) is 0 Å². The predicted molar refractivity (Wildman–Crippen MR) is 94.9 cm³/mol. The number of halogens is 3. The fraction of sp³-hybridized carbons (Fsp3) is 0.294. The fourth-order valence-electron chi connectivity index (χ4n) is 2.10. The number of nitrogens with one attached hydrogen (secondary N) is 2. The fourth-order valence-corrected chi connectivity index (χ4v) is 2.88. The summed E-state index contributed by atoms with van der Waals surface area (Å²) in [7, 11) is 0. The van der Waals surface area contributed by atoms with Crippen LogP contribution in [0.15, 0.2) is 41.8 Å². The summed E-state index contributed by atoms with van der Waals surface area (Å²) in [5.74, 6) is -2.38. The number of aliphatic hydroxyl groups excluding tert-OH is 1. The van der Waals surface area contributed by atoms with Crippen molar-refractivity contribution in [2.45, 2.75) is 12.5 Å². The SMILES string of the molecule is O=C(NC[C@@H](OCCO)c1cccs1)C(=O)Nc1ccc(OC(F)(F)F)cc1. The molecule has 0 aliphatic rings. The molecular weight excluding hydrogens is 401 g/mol. The second kappa shape index (κ2) is 10.1. The van der Waals surface area contributed by atoms with E-state index in [4.69, 9.17) is 9.84 Å². The van der Waals surface area contributed by atoms with Crippen LogP contribution in [-0.4, -0.2) is 43.0 Å². The number of hydrogen-bond acceptors (Lipinski definition) is 6. The molecule has 0 unspecified atom stereocenters. The van der Waals surface area contributed by atoms with Crippen molar-refractivity contribution < 1.29 is 37.3 Å². The molecule has 0 fully saturated rings. The van der Waals surface area contributed by atoms with Crippen LogP contribution in [0.1, 0.15) is 11.0 Å². The van der Waals surface area contributed by atoms with Gasteiger partial charge in [-0.2, -0.15) is 0 Å². The van der Waals surface area contributed by atoms with Gasteiger partial charge in [0.15, 0.2) is 0 Å². The van der Waals surface area contributed by atoms with E-state index in [1.807, 2.05) is 5.38 Å². The highest BCUT2D eigenvalue weighted by atomic mass is 32.1. The van der Waals surface area contributed by atoms with E-state index in [1.54, 1.807) is 12.1 Å². The number of amides is 2. The average molecular weight is 418 g/mol. The number of carbonyl (C=O) groups is 2. The van der Waals surface area contributed by atoms with Crippen molar-refractivity contribution >= 4 is 28.8 Å². The Bertz CT molecular complexity index is 766. The zero-order valence-electron chi connectivity index (χ0n) is 14.4. The molecule has 1 atom stereocenters. The molecule has 0 radical (unpaired) electrons. The van der Waals surface area contributed by atoms with Gasteiger partial charge in [0.25, 0.3) is 0 Å². The third kappa shape index (κ3) is 7.18. The molecule has 11 heteroatoms. The molecule has 28 heavy (non-hydrogen) atoms. The van der Waals surface area contributed by atoms with E-state index in [-0.39, 0.29) is 25.4 Å². The van der Waals surface area contributed by atoms with Crippen molar-refractivity contribution in [3.05, 3.63) is 46.7 Å². The van der Waals surface area contributed by atoms with Gasteiger partial charge in [0.2, 0.25) is 0 Å². The normalized spacial score (nSPS) is 12.3. The molecular formula is C17H17F3N2O5S. The first-order chi connectivity index (χ1) is 13.3. The Morgan fingerprint density at radius 2 is 1.86 bits per heavy atom. The van der Waals surface area contributed by atoms with Gasteiger partial charge in [0.05, 0.1) is 13.2 Å². The quantitative estimate of drug-likeness (QED) is 0.573.